The molecule has 2 heteroatoms. The molecule has 5 heavy (non-hydrogen) atoms. The number of rotatable bonds is 1. The predicted octanol–water partition coefficient (Wildman–Crippen LogP) is 0.988. The highest BCUT2D eigenvalue weighted by molar-refractivity contribution is 7.80. The minimum absolute atomic E-state index is 0.608. The maximum absolute atomic E-state index is 7.84. The van der Waals surface area contributed by atoms with E-state index in [0.717, 1.165) is 6.26 Å². The number of aliphatic hydroxyl groups excluding tert-OH is 1. The van der Waals surface area contributed by atoms with Gasteiger partial charge in [-0.05, 0) is 6.08 Å². The zero-order chi connectivity index (χ0) is 4.12. The fourth-order valence-corrected chi connectivity index (χ4v) is 0.141. The second-order valence-corrected chi connectivity index (χ2v) is 0.932. The second-order valence-electron chi connectivity index (χ2n) is 0.567. The zero-order valence-electron chi connectivity index (χ0n) is 2.76. The van der Waals surface area contributed by atoms with Crippen molar-refractivity contribution in [3.63, 3.8) is 0 Å². The maximum Gasteiger partial charge on any atom is 0.0759 e. The Balaban J connectivity index is 2.62. The third kappa shape index (κ3) is 3.89. The van der Waals surface area contributed by atoms with Crippen molar-refractivity contribution in [3.8, 4) is 0 Å². The molecule has 0 amide bonds. The SMILES string of the molecule is O/C=C/CS. The Morgan fingerprint density at radius 2 is 2.40 bits per heavy atom. The Bertz CT molecular complexity index is 33.9. The van der Waals surface area contributed by atoms with Crippen molar-refractivity contribution in [3.05, 3.63) is 12.3 Å². The summed E-state index contributed by atoms with van der Waals surface area (Å²) in [6.45, 7) is 0. The molecule has 0 radical (unpaired) electrons. The Morgan fingerprint density at radius 3 is 2.40 bits per heavy atom. The molecule has 0 rings (SSSR count). The third-order valence-corrected chi connectivity index (χ3v) is 0.422. The largest absolute Gasteiger partial charge is 0.516 e. The minimum Gasteiger partial charge on any atom is -0.516 e. The molecule has 0 aromatic carbocycles. The molecule has 0 unspecified atom stereocenters. The molecular weight excluding hydrogens is 84.1 g/mol. The van der Waals surface area contributed by atoms with E-state index in [0.29, 0.717) is 5.75 Å². The van der Waals surface area contributed by atoms with Crippen LogP contribution in [0.5, 0.6) is 0 Å². The highest BCUT2D eigenvalue weighted by Crippen LogP contribution is 1.70. The normalized spacial score (nSPS) is 9.80. The van der Waals surface area contributed by atoms with Crippen LogP contribution in [0.4, 0.5) is 0 Å². The molecule has 0 saturated carbocycles. The monoisotopic (exact) mass is 90.0 g/mol. The van der Waals surface area contributed by atoms with Gasteiger partial charge in [-0.25, -0.2) is 0 Å². The van der Waals surface area contributed by atoms with Gasteiger partial charge in [-0.15, -0.1) is 0 Å². The van der Waals surface area contributed by atoms with Crippen LogP contribution in [-0.2, 0) is 0 Å². The molecule has 1 N–H and O–H groups in total. The van der Waals surface area contributed by atoms with Crippen LogP contribution in [0, 0.1) is 0 Å². The van der Waals surface area contributed by atoms with Gasteiger partial charge in [-0.1, -0.05) is 0 Å². The van der Waals surface area contributed by atoms with E-state index in [1.54, 1.807) is 6.08 Å². The van der Waals surface area contributed by atoms with Gasteiger partial charge >= 0.3 is 0 Å². The highest BCUT2D eigenvalue weighted by Gasteiger charge is 1.54. The molecule has 0 bridgehead atoms. The average molecular weight is 90.1 g/mol. The first kappa shape index (κ1) is 4.89. The summed E-state index contributed by atoms with van der Waals surface area (Å²) in [4.78, 5) is 0. The lowest BCUT2D eigenvalue weighted by molar-refractivity contribution is 0.473. The van der Waals surface area contributed by atoms with Gasteiger partial charge in [0, 0.05) is 5.75 Å². The first-order valence-corrected chi connectivity index (χ1v) is 1.95. The van der Waals surface area contributed by atoms with E-state index in [1.165, 1.54) is 0 Å². The first-order valence-electron chi connectivity index (χ1n) is 1.32. The predicted molar refractivity (Wildman–Crippen MR) is 25.6 cm³/mol. The van der Waals surface area contributed by atoms with Crippen LogP contribution < -0.4 is 0 Å². The van der Waals surface area contributed by atoms with Gasteiger partial charge in [0.15, 0.2) is 0 Å². The quantitative estimate of drug-likeness (QED) is 0.363. The lowest BCUT2D eigenvalue weighted by Crippen LogP contribution is -1.54. The zero-order valence-corrected chi connectivity index (χ0v) is 3.65. The van der Waals surface area contributed by atoms with Crippen molar-refractivity contribution >= 4 is 12.6 Å². The molecule has 0 aliphatic heterocycles. The number of hydrogen-bond donors (Lipinski definition) is 2. The van der Waals surface area contributed by atoms with Crippen LogP contribution in [-0.4, -0.2) is 10.9 Å². The van der Waals surface area contributed by atoms with E-state index >= 15 is 0 Å². The Hall–Kier alpha value is -0.110. The van der Waals surface area contributed by atoms with E-state index < -0.39 is 0 Å². The summed E-state index contributed by atoms with van der Waals surface area (Å²) in [5, 5.41) is 7.84. The molecule has 0 heterocycles. The molecule has 0 spiro atoms. The summed E-state index contributed by atoms with van der Waals surface area (Å²) in [6.07, 6.45) is 2.52. The van der Waals surface area contributed by atoms with Crippen molar-refractivity contribution in [2.75, 3.05) is 5.75 Å². The van der Waals surface area contributed by atoms with Gasteiger partial charge < -0.3 is 5.11 Å². The van der Waals surface area contributed by atoms with Crippen molar-refractivity contribution in [2.24, 2.45) is 0 Å². The van der Waals surface area contributed by atoms with Gasteiger partial charge in [0.2, 0.25) is 0 Å². The first-order chi connectivity index (χ1) is 2.41. The Labute approximate surface area is 36.7 Å². The van der Waals surface area contributed by atoms with Crippen LogP contribution >= 0.6 is 12.6 Å². The molecule has 0 aliphatic carbocycles. The van der Waals surface area contributed by atoms with Gasteiger partial charge in [-0.2, -0.15) is 12.6 Å². The summed E-state index contributed by atoms with van der Waals surface area (Å²) < 4.78 is 0. The van der Waals surface area contributed by atoms with Crippen molar-refractivity contribution in [1.82, 2.24) is 0 Å². The molecule has 1 nitrogen and oxygen atoms in total. The molecule has 0 aromatic rings. The minimum atomic E-state index is 0.608. The van der Waals surface area contributed by atoms with Crippen LogP contribution in [0.2, 0.25) is 0 Å². The number of aliphatic hydroxyl groups is 1. The Morgan fingerprint density at radius 1 is 1.80 bits per heavy atom. The van der Waals surface area contributed by atoms with E-state index in [9.17, 15) is 0 Å². The fourth-order valence-electron chi connectivity index (χ4n) is 0.0471. The lowest BCUT2D eigenvalue weighted by Gasteiger charge is -1.65. The van der Waals surface area contributed by atoms with Crippen molar-refractivity contribution in [1.29, 1.82) is 0 Å². The van der Waals surface area contributed by atoms with Gasteiger partial charge in [0.25, 0.3) is 0 Å². The van der Waals surface area contributed by atoms with E-state index in [-0.39, 0.29) is 0 Å². The molecule has 0 atom stereocenters. The van der Waals surface area contributed by atoms with Crippen LogP contribution in [0.25, 0.3) is 0 Å². The van der Waals surface area contributed by atoms with Crippen LogP contribution in [0.1, 0.15) is 0 Å². The second kappa shape index (κ2) is 3.89. The standard InChI is InChI=1S/C3H6OS/c4-2-1-3-5/h1-2,4-5H,3H2/b2-1+. The summed E-state index contributed by atoms with van der Waals surface area (Å²) >= 11 is 3.75. The van der Waals surface area contributed by atoms with E-state index in [4.69, 9.17) is 5.11 Å². The van der Waals surface area contributed by atoms with E-state index in [2.05, 4.69) is 12.6 Å². The summed E-state index contributed by atoms with van der Waals surface area (Å²) in [7, 11) is 0. The summed E-state index contributed by atoms with van der Waals surface area (Å²) in [5.74, 6) is 0.608. The summed E-state index contributed by atoms with van der Waals surface area (Å²) in [5.41, 5.74) is 0. The highest BCUT2D eigenvalue weighted by atomic mass is 32.1. The average Bonchev–Trinajstić information content (AvgIpc) is 1.41. The molecule has 0 saturated heterocycles. The van der Waals surface area contributed by atoms with E-state index in [1.807, 2.05) is 0 Å². The van der Waals surface area contributed by atoms with Crippen molar-refractivity contribution < 1.29 is 5.11 Å². The lowest BCUT2D eigenvalue weighted by atomic mass is 10.7. The molecule has 30 valence electrons. The fraction of sp³-hybridized carbons (Fsp3) is 0.333. The maximum atomic E-state index is 7.84. The topological polar surface area (TPSA) is 20.2 Å². The van der Waals surface area contributed by atoms with Gasteiger partial charge in [0.05, 0.1) is 6.26 Å². The molecular formula is C3H6OS. The molecule has 0 aliphatic rings. The number of hydrogen-bond acceptors (Lipinski definition) is 2. The summed E-state index contributed by atoms with van der Waals surface area (Å²) in [6, 6.07) is 0. The molecule has 0 aromatic heterocycles. The van der Waals surface area contributed by atoms with Crippen LogP contribution in [0.3, 0.4) is 0 Å². The smallest absolute Gasteiger partial charge is 0.0759 e. The van der Waals surface area contributed by atoms with Crippen LogP contribution in [0.15, 0.2) is 12.3 Å². The Kier molecular flexibility index (Phi) is 3.80. The van der Waals surface area contributed by atoms with Gasteiger partial charge in [-0.3, -0.25) is 0 Å². The number of thiol groups is 1. The molecule has 0 fully saturated rings. The third-order valence-electron chi connectivity index (χ3n) is 0.211. The van der Waals surface area contributed by atoms with Gasteiger partial charge in [0.1, 0.15) is 0 Å². The van der Waals surface area contributed by atoms with Crippen molar-refractivity contribution in [2.45, 2.75) is 0 Å².